The maximum Gasteiger partial charge on any atom is 0.165 e. The lowest BCUT2D eigenvalue weighted by Crippen LogP contribution is -2.14. The van der Waals surface area contributed by atoms with E-state index in [9.17, 15) is 9.18 Å². The van der Waals surface area contributed by atoms with E-state index >= 15 is 0 Å². The molecule has 0 radical (unpaired) electrons. The quantitative estimate of drug-likeness (QED) is 0.749. The number of Topliss-reactive ketones (excluding diaryl/α,β-unsaturated/α-hetero) is 1. The molecule has 3 heteroatoms. The van der Waals surface area contributed by atoms with Gasteiger partial charge >= 0.3 is 0 Å². The van der Waals surface area contributed by atoms with Crippen molar-refractivity contribution < 1.29 is 9.18 Å². The molecular formula is C16H14ClFO. The summed E-state index contributed by atoms with van der Waals surface area (Å²) >= 11 is 5.73. The van der Waals surface area contributed by atoms with Crippen LogP contribution in [0.25, 0.3) is 0 Å². The normalized spacial score (nSPS) is 12.2. The highest BCUT2D eigenvalue weighted by Gasteiger charge is 2.17. The summed E-state index contributed by atoms with van der Waals surface area (Å²) in [4.78, 5) is 12.2. The first-order chi connectivity index (χ1) is 9.09. The van der Waals surface area contributed by atoms with Crippen molar-refractivity contribution in [3.05, 3.63) is 70.5 Å². The van der Waals surface area contributed by atoms with E-state index in [4.69, 9.17) is 11.6 Å². The van der Waals surface area contributed by atoms with Gasteiger partial charge in [-0.25, -0.2) is 4.39 Å². The number of rotatable bonds is 4. The summed E-state index contributed by atoms with van der Waals surface area (Å²) in [6, 6.07) is 13.9. The molecule has 0 saturated heterocycles. The van der Waals surface area contributed by atoms with E-state index in [0.717, 1.165) is 0 Å². The minimum absolute atomic E-state index is 0.0139. The molecule has 0 fully saturated rings. The van der Waals surface area contributed by atoms with Crippen molar-refractivity contribution in [2.24, 2.45) is 5.92 Å². The van der Waals surface area contributed by atoms with E-state index in [1.54, 1.807) is 31.2 Å². The molecule has 0 heterocycles. The molecule has 0 aliphatic carbocycles. The maximum absolute atomic E-state index is 13.8. The molecule has 1 unspecified atom stereocenters. The average molecular weight is 277 g/mol. The zero-order valence-corrected chi connectivity index (χ0v) is 11.3. The number of halogens is 2. The van der Waals surface area contributed by atoms with Crippen LogP contribution >= 0.6 is 11.6 Å². The monoisotopic (exact) mass is 276 g/mol. The summed E-state index contributed by atoms with van der Waals surface area (Å²) in [5, 5.41) is 0.0943. The van der Waals surface area contributed by atoms with Crippen LogP contribution in [-0.4, -0.2) is 5.78 Å². The Hall–Kier alpha value is -1.67. The van der Waals surface area contributed by atoms with Crippen molar-refractivity contribution in [3.8, 4) is 0 Å². The maximum atomic E-state index is 13.8. The number of ketones is 1. The number of carbonyl (C=O) groups is 1. The van der Waals surface area contributed by atoms with Crippen molar-refractivity contribution >= 4 is 17.4 Å². The number of carbonyl (C=O) groups excluding carboxylic acids is 1. The lowest BCUT2D eigenvalue weighted by Gasteiger charge is -2.11. The summed E-state index contributed by atoms with van der Waals surface area (Å²) < 4.78 is 13.8. The van der Waals surface area contributed by atoms with E-state index in [2.05, 4.69) is 0 Å². The first-order valence-electron chi connectivity index (χ1n) is 6.11. The van der Waals surface area contributed by atoms with E-state index in [1.165, 1.54) is 6.07 Å². The van der Waals surface area contributed by atoms with Crippen LogP contribution < -0.4 is 0 Å². The van der Waals surface area contributed by atoms with Crippen molar-refractivity contribution in [3.63, 3.8) is 0 Å². The third-order valence-electron chi connectivity index (χ3n) is 3.06. The molecule has 2 aromatic rings. The van der Waals surface area contributed by atoms with Gasteiger partial charge in [0.15, 0.2) is 5.78 Å². The Morgan fingerprint density at radius 3 is 2.53 bits per heavy atom. The van der Waals surface area contributed by atoms with E-state index in [1.807, 2.05) is 18.2 Å². The van der Waals surface area contributed by atoms with Gasteiger partial charge in [0.2, 0.25) is 0 Å². The molecule has 0 aromatic heterocycles. The summed E-state index contributed by atoms with van der Waals surface area (Å²) in [6.45, 7) is 1.80. The Labute approximate surface area is 117 Å². The van der Waals surface area contributed by atoms with Crippen molar-refractivity contribution in [2.45, 2.75) is 13.3 Å². The molecule has 0 N–H and O–H groups in total. The Morgan fingerprint density at radius 2 is 1.84 bits per heavy atom. The van der Waals surface area contributed by atoms with Crippen LogP contribution in [0.5, 0.6) is 0 Å². The molecule has 0 spiro atoms. The Bertz CT molecular complexity index is 581. The predicted octanol–water partition coefficient (Wildman–Crippen LogP) is 4.54. The van der Waals surface area contributed by atoms with E-state index in [0.29, 0.717) is 17.5 Å². The fraction of sp³-hybridized carbons (Fsp3) is 0.188. The average Bonchev–Trinajstić information content (AvgIpc) is 2.44. The van der Waals surface area contributed by atoms with Crippen molar-refractivity contribution in [1.29, 1.82) is 0 Å². The fourth-order valence-electron chi connectivity index (χ4n) is 2.02. The standard InChI is InChI=1S/C16H14ClFO/c1-11(16(19)12-6-3-2-4-7-12)10-13-8-5-9-14(17)15(13)18/h2-9,11H,10H2,1H3. The topological polar surface area (TPSA) is 17.1 Å². The molecule has 2 rings (SSSR count). The van der Waals surface area contributed by atoms with Gasteiger partial charge in [-0.2, -0.15) is 0 Å². The summed E-state index contributed by atoms with van der Waals surface area (Å²) in [7, 11) is 0. The molecule has 1 nitrogen and oxygen atoms in total. The second-order valence-electron chi connectivity index (χ2n) is 4.55. The number of benzene rings is 2. The zero-order chi connectivity index (χ0) is 13.8. The van der Waals surface area contributed by atoms with Gasteiger partial charge < -0.3 is 0 Å². The molecular weight excluding hydrogens is 263 g/mol. The SMILES string of the molecule is CC(Cc1cccc(Cl)c1F)C(=O)c1ccccc1. The summed E-state index contributed by atoms with van der Waals surface area (Å²) in [5.74, 6) is -0.702. The molecule has 19 heavy (non-hydrogen) atoms. The van der Waals surface area contributed by atoms with Crippen LogP contribution in [0, 0.1) is 11.7 Å². The second kappa shape index (κ2) is 5.98. The molecule has 0 aliphatic rings. The van der Waals surface area contributed by atoms with Crippen LogP contribution in [0.2, 0.25) is 5.02 Å². The molecule has 1 atom stereocenters. The fourth-order valence-corrected chi connectivity index (χ4v) is 2.21. The summed E-state index contributed by atoms with van der Waals surface area (Å²) in [5.41, 5.74) is 1.13. The van der Waals surface area contributed by atoms with Crippen LogP contribution in [0.15, 0.2) is 48.5 Å². The van der Waals surface area contributed by atoms with Crippen LogP contribution in [0.4, 0.5) is 4.39 Å². The highest BCUT2D eigenvalue weighted by molar-refractivity contribution is 6.30. The van der Waals surface area contributed by atoms with E-state index in [-0.39, 0.29) is 16.7 Å². The van der Waals surface area contributed by atoms with Crippen LogP contribution in [-0.2, 0) is 6.42 Å². The molecule has 0 saturated carbocycles. The second-order valence-corrected chi connectivity index (χ2v) is 4.96. The van der Waals surface area contributed by atoms with Gasteiger partial charge in [0.25, 0.3) is 0 Å². The molecule has 2 aromatic carbocycles. The van der Waals surface area contributed by atoms with Gasteiger partial charge in [-0.1, -0.05) is 61.0 Å². The Balaban J connectivity index is 2.15. The number of hydrogen-bond acceptors (Lipinski definition) is 1. The third-order valence-corrected chi connectivity index (χ3v) is 3.36. The minimum Gasteiger partial charge on any atom is -0.294 e. The summed E-state index contributed by atoms with van der Waals surface area (Å²) in [6.07, 6.45) is 0.347. The first kappa shape index (κ1) is 13.8. The van der Waals surface area contributed by atoms with Crippen LogP contribution in [0.1, 0.15) is 22.8 Å². The van der Waals surface area contributed by atoms with Crippen LogP contribution in [0.3, 0.4) is 0 Å². The van der Waals surface area contributed by atoms with Crippen molar-refractivity contribution in [1.82, 2.24) is 0 Å². The van der Waals surface area contributed by atoms with Gasteiger partial charge in [-0.05, 0) is 18.1 Å². The zero-order valence-electron chi connectivity index (χ0n) is 10.6. The minimum atomic E-state index is -0.433. The largest absolute Gasteiger partial charge is 0.294 e. The lowest BCUT2D eigenvalue weighted by molar-refractivity contribution is 0.0929. The van der Waals surface area contributed by atoms with Gasteiger partial charge in [0, 0.05) is 11.5 Å². The molecule has 98 valence electrons. The third kappa shape index (κ3) is 3.21. The van der Waals surface area contributed by atoms with Gasteiger partial charge in [-0.15, -0.1) is 0 Å². The predicted molar refractivity (Wildman–Crippen MR) is 75.1 cm³/mol. The van der Waals surface area contributed by atoms with Gasteiger partial charge in [0.05, 0.1) is 5.02 Å². The molecule has 0 bridgehead atoms. The Kier molecular flexibility index (Phi) is 4.33. The number of hydrogen-bond donors (Lipinski definition) is 0. The van der Waals surface area contributed by atoms with E-state index < -0.39 is 5.82 Å². The first-order valence-corrected chi connectivity index (χ1v) is 6.49. The highest BCUT2D eigenvalue weighted by atomic mass is 35.5. The molecule has 0 amide bonds. The Morgan fingerprint density at radius 1 is 1.16 bits per heavy atom. The highest BCUT2D eigenvalue weighted by Crippen LogP contribution is 2.22. The van der Waals surface area contributed by atoms with Crippen molar-refractivity contribution in [2.75, 3.05) is 0 Å². The van der Waals surface area contributed by atoms with Gasteiger partial charge in [-0.3, -0.25) is 4.79 Å². The smallest absolute Gasteiger partial charge is 0.165 e. The van der Waals surface area contributed by atoms with Gasteiger partial charge in [0.1, 0.15) is 5.82 Å². The molecule has 0 aliphatic heterocycles. The lowest BCUT2D eigenvalue weighted by atomic mass is 9.93.